The minimum atomic E-state index is 0.482. The lowest BCUT2D eigenvalue weighted by Gasteiger charge is -2.11. The summed E-state index contributed by atoms with van der Waals surface area (Å²) in [7, 11) is 1.95. The summed E-state index contributed by atoms with van der Waals surface area (Å²) in [6, 6.07) is 2.65. The summed E-state index contributed by atoms with van der Waals surface area (Å²) in [5, 5.41) is 8.77. The SMILES string of the molecule is CNCc1cnc2c(cnn2C(C)C2CC2)c1. The molecule has 0 aromatic carbocycles. The van der Waals surface area contributed by atoms with Crippen LogP contribution in [0.2, 0.25) is 0 Å². The lowest BCUT2D eigenvalue weighted by Crippen LogP contribution is -2.10. The number of hydrogen-bond acceptors (Lipinski definition) is 3. The standard InChI is InChI=1S/C13H18N4/c1-9(11-3-4-11)17-13-12(8-16-17)5-10(6-14-2)7-15-13/h5,7-9,11,14H,3-4,6H2,1-2H3. The summed E-state index contributed by atoms with van der Waals surface area (Å²) in [5.74, 6) is 0.803. The zero-order valence-corrected chi connectivity index (χ0v) is 10.3. The van der Waals surface area contributed by atoms with E-state index in [2.05, 4.69) is 33.1 Å². The summed E-state index contributed by atoms with van der Waals surface area (Å²) in [5.41, 5.74) is 2.22. The molecule has 2 aromatic rings. The van der Waals surface area contributed by atoms with Crippen LogP contribution in [-0.2, 0) is 6.54 Å². The minimum Gasteiger partial charge on any atom is -0.316 e. The first-order valence-corrected chi connectivity index (χ1v) is 6.26. The topological polar surface area (TPSA) is 42.7 Å². The van der Waals surface area contributed by atoms with Gasteiger partial charge in [0, 0.05) is 18.1 Å². The monoisotopic (exact) mass is 230 g/mol. The Balaban J connectivity index is 1.98. The number of pyridine rings is 1. The van der Waals surface area contributed by atoms with Crippen molar-refractivity contribution in [3.8, 4) is 0 Å². The van der Waals surface area contributed by atoms with E-state index in [1.807, 2.05) is 19.4 Å². The maximum absolute atomic E-state index is 4.55. The van der Waals surface area contributed by atoms with Crippen molar-refractivity contribution < 1.29 is 0 Å². The molecular formula is C13H18N4. The van der Waals surface area contributed by atoms with Crippen molar-refractivity contribution in [2.24, 2.45) is 5.92 Å². The third-order valence-electron chi connectivity index (χ3n) is 3.56. The summed E-state index contributed by atoms with van der Waals surface area (Å²) in [6.07, 6.45) is 6.54. The van der Waals surface area contributed by atoms with Crippen molar-refractivity contribution in [1.82, 2.24) is 20.1 Å². The maximum Gasteiger partial charge on any atom is 0.157 e. The number of fused-ring (bicyclic) bond motifs is 1. The van der Waals surface area contributed by atoms with Crippen LogP contribution in [0.4, 0.5) is 0 Å². The van der Waals surface area contributed by atoms with Crippen molar-refractivity contribution in [3.05, 3.63) is 24.0 Å². The van der Waals surface area contributed by atoms with Gasteiger partial charge in [-0.2, -0.15) is 5.10 Å². The first kappa shape index (κ1) is 10.7. The largest absolute Gasteiger partial charge is 0.316 e. The normalized spacial score (nSPS) is 17.5. The molecule has 1 unspecified atom stereocenters. The number of nitrogens with zero attached hydrogens (tertiary/aromatic N) is 3. The van der Waals surface area contributed by atoms with Gasteiger partial charge in [0.05, 0.1) is 12.2 Å². The molecule has 0 radical (unpaired) electrons. The Morgan fingerprint density at radius 3 is 3.00 bits per heavy atom. The average molecular weight is 230 g/mol. The van der Waals surface area contributed by atoms with Gasteiger partial charge in [-0.05, 0) is 44.4 Å². The van der Waals surface area contributed by atoms with E-state index in [0.29, 0.717) is 6.04 Å². The molecule has 4 nitrogen and oxygen atoms in total. The third-order valence-corrected chi connectivity index (χ3v) is 3.56. The number of hydrogen-bond donors (Lipinski definition) is 1. The van der Waals surface area contributed by atoms with Crippen LogP contribution in [0.1, 0.15) is 31.4 Å². The second-order valence-electron chi connectivity index (χ2n) is 4.95. The Bertz CT molecular complexity index is 527. The molecule has 90 valence electrons. The molecule has 2 heterocycles. The van der Waals surface area contributed by atoms with Crippen LogP contribution >= 0.6 is 0 Å². The third kappa shape index (κ3) is 1.93. The van der Waals surface area contributed by atoms with Crippen molar-refractivity contribution in [2.45, 2.75) is 32.4 Å². The summed E-state index contributed by atoms with van der Waals surface area (Å²) in [6.45, 7) is 3.10. The second-order valence-corrected chi connectivity index (χ2v) is 4.95. The molecule has 0 amide bonds. The quantitative estimate of drug-likeness (QED) is 0.875. The highest BCUT2D eigenvalue weighted by atomic mass is 15.3. The molecule has 1 N–H and O–H groups in total. The Kier molecular flexibility index (Phi) is 2.59. The van der Waals surface area contributed by atoms with Crippen LogP contribution in [0, 0.1) is 5.92 Å². The van der Waals surface area contributed by atoms with E-state index >= 15 is 0 Å². The predicted molar refractivity (Wildman–Crippen MR) is 67.7 cm³/mol. The fourth-order valence-corrected chi connectivity index (χ4v) is 2.36. The molecule has 0 aliphatic heterocycles. The van der Waals surface area contributed by atoms with Crippen LogP contribution in [-0.4, -0.2) is 21.8 Å². The second kappa shape index (κ2) is 4.11. The van der Waals surface area contributed by atoms with E-state index in [0.717, 1.165) is 23.5 Å². The molecule has 17 heavy (non-hydrogen) atoms. The molecule has 3 rings (SSSR count). The Morgan fingerprint density at radius 2 is 2.29 bits per heavy atom. The number of rotatable bonds is 4. The van der Waals surface area contributed by atoms with Crippen molar-refractivity contribution in [2.75, 3.05) is 7.05 Å². The van der Waals surface area contributed by atoms with Gasteiger partial charge in [0.25, 0.3) is 0 Å². The van der Waals surface area contributed by atoms with Crippen LogP contribution < -0.4 is 5.32 Å². The van der Waals surface area contributed by atoms with Gasteiger partial charge in [-0.25, -0.2) is 9.67 Å². The number of nitrogens with one attached hydrogen (secondary N) is 1. The molecule has 4 heteroatoms. The molecule has 2 aromatic heterocycles. The lowest BCUT2D eigenvalue weighted by molar-refractivity contribution is 0.451. The molecule has 1 fully saturated rings. The van der Waals surface area contributed by atoms with Gasteiger partial charge in [0.15, 0.2) is 5.65 Å². The fraction of sp³-hybridized carbons (Fsp3) is 0.538. The smallest absolute Gasteiger partial charge is 0.157 e. The van der Waals surface area contributed by atoms with Gasteiger partial charge >= 0.3 is 0 Å². The van der Waals surface area contributed by atoms with E-state index < -0.39 is 0 Å². The lowest BCUT2D eigenvalue weighted by atomic mass is 10.2. The minimum absolute atomic E-state index is 0.482. The van der Waals surface area contributed by atoms with E-state index in [-0.39, 0.29) is 0 Å². The van der Waals surface area contributed by atoms with Gasteiger partial charge in [0.2, 0.25) is 0 Å². The van der Waals surface area contributed by atoms with Gasteiger partial charge in [0.1, 0.15) is 0 Å². The highest BCUT2D eigenvalue weighted by Crippen LogP contribution is 2.39. The highest BCUT2D eigenvalue weighted by molar-refractivity contribution is 5.75. The van der Waals surface area contributed by atoms with Crippen molar-refractivity contribution in [1.29, 1.82) is 0 Å². The Labute approximate surface area is 101 Å². The van der Waals surface area contributed by atoms with Crippen LogP contribution in [0.5, 0.6) is 0 Å². The van der Waals surface area contributed by atoms with Crippen LogP contribution in [0.25, 0.3) is 11.0 Å². The van der Waals surface area contributed by atoms with E-state index in [1.165, 1.54) is 18.4 Å². The van der Waals surface area contributed by atoms with E-state index in [1.54, 1.807) is 0 Å². The highest BCUT2D eigenvalue weighted by Gasteiger charge is 2.30. The zero-order chi connectivity index (χ0) is 11.8. The van der Waals surface area contributed by atoms with Gasteiger partial charge < -0.3 is 5.32 Å². The van der Waals surface area contributed by atoms with Gasteiger partial charge in [-0.3, -0.25) is 0 Å². The average Bonchev–Trinajstić information content (AvgIpc) is 3.09. The van der Waals surface area contributed by atoms with Crippen LogP contribution in [0.15, 0.2) is 18.5 Å². The zero-order valence-electron chi connectivity index (χ0n) is 10.3. The van der Waals surface area contributed by atoms with E-state index in [4.69, 9.17) is 0 Å². The summed E-state index contributed by atoms with van der Waals surface area (Å²) < 4.78 is 2.08. The maximum atomic E-state index is 4.55. The van der Waals surface area contributed by atoms with Crippen LogP contribution in [0.3, 0.4) is 0 Å². The molecule has 0 bridgehead atoms. The molecular weight excluding hydrogens is 212 g/mol. The summed E-state index contributed by atoms with van der Waals surface area (Å²) >= 11 is 0. The van der Waals surface area contributed by atoms with Gasteiger partial charge in [-0.1, -0.05) is 0 Å². The predicted octanol–water partition coefficient (Wildman–Crippen LogP) is 2.12. The molecule has 0 saturated heterocycles. The molecule has 1 saturated carbocycles. The fourth-order valence-electron chi connectivity index (χ4n) is 2.36. The molecule has 0 spiro atoms. The van der Waals surface area contributed by atoms with Crippen molar-refractivity contribution in [3.63, 3.8) is 0 Å². The number of aromatic nitrogens is 3. The molecule has 1 atom stereocenters. The Morgan fingerprint density at radius 1 is 1.47 bits per heavy atom. The first-order chi connectivity index (χ1) is 8.29. The van der Waals surface area contributed by atoms with E-state index in [9.17, 15) is 0 Å². The van der Waals surface area contributed by atoms with Crippen molar-refractivity contribution >= 4 is 11.0 Å². The van der Waals surface area contributed by atoms with Gasteiger partial charge in [-0.15, -0.1) is 0 Å². The first-order valence-electron chi connectivity index (χ1n) is 6.26. The summed E-state index contributed by atoms with van der Waals surface area (Å²) in [4.78, 5) is 4.55. The Hall–Kier alpha value is -1.42. The molecule has 1 aliphatic rings. The molecule has 1 aliphatic carbocycles.